The number of hydrogen-bond acceptors (Lipinski definition) is 2. The van der Waals surface area contributed by atoms with Crippen LogP contribution in [0.15, 0.2) is 12.1 Å². The Morgan fingerprint density at radius 1 is 1.50 bits per heavy atom. The van der Waals surface area contributed by atoms with Gasteiger partial charge in [-0.3, -0.25) is 4.79 Å². The van der Waals surface area contributed by atoms with Gasteiger partial charge in [-0.1, -0.05) is 11.6 Å². The molecule has 0 unspecified atom stereocenters. The Labute approximate surface area is 86.7 Å². The molecule has 1 amide bonds. The van der Waals surface area contributed by atoms with Crippen molar-refractivity contribution in [1.29, 1.82) is 0 Å². The summed E-state index contributed by atoms with van der Waals surface area (Å²) in [4.78, 5) is 11.2. The van der Waals surface area contributed by atoms with Crippen molar-refractivity contribution in [1.82, 2.24) is 5.32 Å². The third-order valence-electron chi connectivity index (χ3n) is 1.25. The maximum atomic E-state index is 11.7. The first-order chi connectivity index (χ1) is 6.38. The molecule has 0 aromatic carbocycles. The molecule has 1 aromatic rings. The zero-order chi connectivity index (χ0) is 10.8. The van der Waals surface area contributed by atoms with Gasteiger partial charge in [-0.05, 0) is 12.1 Å². The minimum atomic E-state index is -4.39. The second kappa shape index (κ2) is 4.18. The standard InChI is InChI=1S/C7H5ClF3NOS/c8-5-2-1-4(14-5)6(13)12-3-7(9,10)11/h1-2H,3H2,(H,12,13). The summed E-state index contributed by atoms with van der Waals surface area (Å²) in [7, 11) is 0. The minimum absolute atomic E-state index is 0.166. The van der Waals surface area contributed by atoms with Crippen LogP contribution in [0.5, 0.6) is 0 Å². The Bertz CT molecular complexity index is 336. The van der Waals surface area contributed by atoms with Crippen LogP contribution in [0.3, 0.4) is 0 Å². The molecule has 0 aliphatic rings. The summed E-state index contributed by atoms with van der Waals surface area (Å²) in [5, 5.41) is 1.74. The third kappa shape index (κ3) is 3.55. The molecule has 0 spiro atoms. The van der Waals surface area contributed by atoms with Gasteiger partial charge in [0.2, 0.25) is 0 Å². The highest BCUT2D eigenvalue weighted by Gasteiger charge is 2.28. The van der Waals surface area contributed by atoms with Crippen LogP contribution < -0.4 is 5.32 Å². The lowest BCUT2D eigenvalue weighted by Gasteiger charge is -2.06. The quantitative estimate of drug-likeness (QED) is 0.850. The second-order valence-electron chi connectivity index (χ2n) is 2.40. The SMILES string of the molecule is O=C(NCC(F)(F)F)c1ccc(Cl)s1. The second-order valence-corrected chi connectivity index (χ2v) is 4.12. The Morgan fingerprint density at radius 3 is 2.57 bits per heavy atom. The summed E-state index contributed by atoms with van der Waals surface area (Å²) in [5.41, 5.74) is 0. The summed E-state index contributed by atoms with van der Waals surface area (Å²) < 4.78 is 35.5. The molecule has 0 saturated carbocycles. The highest BCUT2D eigenvalue weighted by molar-refractivity contribution is 7.17. The van der Waals surface area contributed by atoms with E-state index in [4.69, 9.17) is 11.6 Å². The van der Waals surface area contributed by atoms with Gasteiger partial charge in [0.15, 0.2) is 0 Å². The Kier molecular flexibility index (Phi) is 3.38. The molecule has 1 aromatic heterocycles. The maximum absolute atomic E-state index is 11.7. The zero-order valence-corrected chi connectivity index (χ0v) is 8.26. The molecule has 0 radical (unpaired) electrons. The molecule has 0 atom stereocenters. The number of hydrogen-bond donors (Lipinski definition) is 1. The van der Waals surface area contributed by atoms with Crippen LogP contribution in [0.1, 0.15) is 9.67 Å². The van der Waals surface area contributed by atoms with Gasteiger partial charge in [0.05, 0.1) is 9.21 Å². The van der Waals surface area contributed by atoms with Crippen LogP contribution in [-0.2, 0) is 0 Å². The predicted octanol–water partition coefficient (Wildman–Crippen LogP) is 2.69. The molecule has 2 nitrogen and oxygen atoms in total. The molecule has 0 fully saturated rings. The maximum Gasteiger partial charge on any atom is 0.405 e. The number of nitrogens with one attached hydrogen (secondary N) is 1. The van der Waals surface area contributed by atoms with Crippen LogP contribution in [0.4, 0.5) is 13.2 Å². The first kappa shape index (κ1) is 11.3. The van der Waals surface area contributed by atoms with Crippen LogP contribution in [0.2, 0.25) is 4.34 Å². The van der Waals surface area contributed by atoms with E-state index in [9.17, 15) is 18.0 Å². The lowest BCUT2D eigenvalue weighted by molar-refractivity contribution is -0.123. The number of carbonyl (C=O) groups is 1. The van der Waals surface area contributed by atoms with Crippen molar-refractivity contribution in [2.45, 2.75) is 6.18 Å². The number of rotatable bonds is 2. The molecule has 0 aliphatic carbocycles. The van der Waals surface area contributed by atoms with Gasteiger partial charge in [0.25, 0.3) is 5.91 Å². The normalized spacial score (nSPS) is 11.4. The average molecular weight is 244 g/mol. The number of thiophene rings is 1. The molecule has 0 aliphatic heterocycles. The summed E-state index contributed by atoms with van der Waals surface area (Å²) >= 11 is 6.44. The molecule has 14 heavy (non-hydrogen) atoms. The van der Waals surface area contributed by atoms with Crippen molar-refractivity contribution in [3.8, 4) is 0 Å². The molecular formula is C7H5ClF3NOS. The van der Waals surface area contributed by atoms with Gasteiger partial charge in [0.1, 0.15) is 6.54 Å². The van der Waals surface area contributed by atoms with Gasteiger partial charge in [-0.2, -0.15) is 13.2 Å². The molecule has 1 rings (SSSR count). The van der Waals surface area contributed by atoms with Crippen molar-refractivity contribution in [3.63, 3.8) is 0 Å². The van der Waals surface area contributed by atoms with Crippen LogP contribution in [0, 0.1) is 0 Å². The summed E-state index contributed by atoms with van der Waals surface area (Å²) in [6.45, 7) is -1.33. The Balaban J connectivity index is 2.52. The first-order valence-electron chi connectivity index (χ1n) is 3.49. The number of carbonyl (C=O) groups excluding carboxylic acids is 1. The zero-order valence-electron chi connectivity index (χ0n) is 6.69. The van der Waals surface area contributed by atoms with Crippen molar-refractivity contribution in [3.05, 3.63) is 21.3 Å². The van der Waals surface area contributed by atoms with Crippen molar-refractivity contribution < 1.29 is 18.0 Å². The van der Waals surface area contributed by atoms with Crippen molar-refractivity contribution in [2.75, 3.05) is 6.54 Å². The Morgan fingerprint density at radius 2 is 2.14 bits per heavy atom. The van der Waals surface area contributed by atoms with Crippen molar-refractivity contribution in [2.24, 2.45) is 0 Å². The van der Waals surface area contributed by atoms with E-state index in [2.05, 4.69) is 0 Å². The third-order valence-corrected chi connectivity index (χ3v) is 2.48. The van der Waals surface area contributed by atoms with Gasteiger partial charge >= 0.3 is 6.18 Å². The molecule has 7 heteroatoms. The van der Waals surface area contributed by atoms with E-state index in [1.807, 2.05) is 0 Å². The smallest absolute Gasteiger partial charge is 0.342 e. The van der Waals surface area contributed by atoms with Gasteiger partial charge in [0, 0.05) is 0 Å². The van der Waals surface area contributed by atoms with Crippen molar-refractivity contribution >= 4 is 28.8 Å². The molecule has 0 saturated heterocycles. The summed E-state index contributed by atoms with van der Waals surface area (Å²) in [6.07, 6.45) is -4.39. The van der Waals surface area contributed by atoms with E-state index in [1.165, 1.54) is 12.1 Å². The summed E-state index contributed by atoms with van der Waals surface area (Å²) in [5.74, 6) is -0.765. The molecule has 1 heterocycles. The molecule has 0 bridgehead atoms. The van der Waals surface area contributed by atoms with Gasteiger partial charge in [-0.15, -0.1) is 11.3 Å². The van der Waals surface area contributed by atoms with E-state index in [0.29, 0.717) is 4.34 Å². The van der Waals surface area contributed by atoms with Crippen LogP contribution in [-0.4, -0.2) is 18.6 Å². The minimum Gasteiger partial charge on any atom is -0.342 e. The fraction of sp³-hybridized carbons (Fsp3) is 0.286. The summed E-state index contributed by atoms with van der Waals surface area (Å²) in [6, 6.07) is 2.83. The fourth-order valence-electron chi connectivity index (χ4n) is 0.704. The van der Waals surface area contributed by atoms with E-state index in [-0.39, 0.29) is 4.88 Å². The van der Waals surface area contributed by atoms with E-state index < -0.39 is 18.6 Å². The Hall–Kier alpha value is -0.750. The molecule has 78 valence electrons. The van der Waals surface area contributed by atoms with Crippen LogP contribution >= 0.6 is 22.9 Å². The van der Waals surface area contributed by atoms with E-state index in [1.54, 1.807) is 5.32 Å². The monoisotopic (exact) mass is 243 g/mol. The fourth-order valence-corrected chi connectivity index (χ4v) is 1.66. The first-order valence-corrected chi connectivity index (χ1v) is 4.68. The van der Waals surface area contributed by atoms with Gasteiger partial charge in [-0.25, -0.2) is 0 Å². The predicted molar refractivity (Wildman–Crippen MR) is 47.7 cm³/mol. The lowest BCUT2D eigenvalue weighted by atomic mass is 10.4. The molecular weight excluding hydrogens is 239 g/mol. The largest absolute Gasteiger partial charge is 0.405 e. The molecule has 1 N–H and O–H groups in total. The van der Waals surface area contributed by atoms with E-state index >= 15 is 0 Å². The van der Waals surface area contributed by atoms with E-state index in [0.717, 1.165) is 11.3 Å². The number of halogens is 4. The average Bonchev–Trinajstić information content (AvgIpc) is 2.46. The van der Waals surface area contributed by atoms with Crippen LogP contribution in [0.25, 0.3) is 0 Å². The number of alkyl halides is 3. The number of amides is 1. The topological polar surface area (TPSA) is 29.1 Å². The lowest BCUT2D eigenvalue weighted by Crippen LogP contribution is -2.33. The highest BCUT2D eigenvalue weighted by atomic mass is 35.5. The highest BCUT2D eigenvalue weighted by Crippen LogP contribution is 2.21. The van der Waals surface area contributed by atoms with Gasteiger partial charge < -0.3 is 5.32 Å².